The zero-order valence-electron chi connectivity index (χ0n) is 10.8. The molecule has 0 fully saturated rings. The Hall–Kier alpha value is -0.590. The first-order chi connectivity index (χ1) is 9.38. The summed E-state index contributed by atoms with van der Waals surface area (Å²) in [5, 5.41) is 6.73. The van der Waals surface area contributed by atoms with Crippen LogP contribution in [-0.4, -0.2) is 17.1 Å². The fourth-order valence-corrected chi connectivity index (χ4v) is 5.88. The first-order valence-electron chi connectivity index (χ1n) is 6.37. The van der Waals surface area contributed by atoms with Crippen LogP contribution in [0.25, 0.3) is 0 Å². The van der Waals surface area contributed by atoms with Crippen molar-refractivity contribution in [1.29, 1.82) is 0 Å². The molecule has 0 radical (unpaired) electrons. The Kier molecular flexibility index (Phi) is 4.40. The summed E-state index contributed by atoms with van der Waals surface area (Å²) in [4.78, 5) is 2.82. The standard InChI is InChI=1S/C15H17IN2S/c1-17-9-11-4-2-3-5-14(11)19-15-10-18-13-6-7-16-8-12(13)15/h2-8,10,12-13,17-18H,9H2,1H3. The number of fused-ring (bicyclic) bond motifs is 1. The van der Waals surface area contributed by atoms with Gasteiger partial charge in [0.25, 0.3) is 0 Å². The van der Waals surface area contributed by atoms with Gasteiger partial charge in [-0.3, -0.25) is 0 Å². The lowest BCUT2D eigenvalue weighted by Crippen LogP contribution is -2.26. The molecule has 2 aliphatic rings. The van der Waals surface area contributed by atoms with Crippen LogP contribution in [-0.2, 0) is 6.54 Å². The minimum absolute atomic E-state index is 0.151. The molecule has 2 N–H and O–H groups in total. The summed E-state index contributed by atoms with van der Waals surface area (Å²) in [6.07, 6.45) is 4.54. The van der Waals surface area contributed by atoms with Crippen molar-refractivity contribution < 1.29 is 0 Å². The largest absolute Gasteiger partial charge is 0.383 e. The Morgan fingerprint density at radius 3 is 3.16 bits per heavy atom. The van der Waals surface area contributed by atoms with E-state index in [1.54, 1.807) is 0 Å². The van der Waals surface area contributed by atoms with E-state index in [2.05, 4.69) is 55.3 Å². The van der Waals surface area contributed by atoms with Crippen molar-refractivity contribution in [2.24, 2.45) is 5.92 Å². The van der Waals surface area contributed by atoms with Crippen LogP contribution in [0.1, 0.15) is 5.56 Å². The third-order valence-corrected chi connectivity index (χ3v) is 6.53. The van der Waals surface area contributed by atoms with Gasteiger partial charge in [0.05, 0.1) is 6.04 Å². The molecule has 2 atom stereocenters. The van der Waals surface area contributed by atoms with Crippen molar-refractivity contribution >= 4 is 36.5 Å². The molecule has 0 bridgehead atoms. The highest BCUT2D eigenvalue weighted by Crippen LogP contribution is 2.39. The highest BCUT2D eigenvalue weighted by molar-refractivity contribution is 14.2. The molecule has 0 saturated heterocycles. The molecule has 2 aliphatic heterocycles. The van der Waals surface area contributed by atoms with Crippen molar-refractivity contribution in [3.63, 3.8) is 0 Å². The summed E-state index contributed by atoms with van der Waals surface area (Å²) in [7, 11) is 2.00. The van der Waals surface area contributed by atoms with Crippen LogP contribution in [0.5, 0.6) is 0 Å². The van der Waals surface area contributed by atoms with Gasteiger partial charge in [-0.2, -0.15) is 0 Å². The fraction of sp³-hybridized carbons (Fsp3) is 0.267. The SMILES string of the molecule is CNCc1ccccc1SC1=CNC2C=CI=CC12. The van der Waals surface area contributed by atoms with Gasteiger partial charge in [-0.05, 0) is 26.8 Å². The van der Waals surface area contributed by atoms with Gasteiger partial charge in [0.2, 0.25) is 0 Å². The predicted molar refractivity (Wildman–Crippen MR) is 92.8 cm³/mol. The molecule has 0 spiro atoms. The lowest BCUT2D eigenvalue weighted by atomic mass is 10.1. The van der Waals surface area contributed by atoms with Crippen molar-refractivity contribution in [3.05, 3.63) is 51.1 Å². The number of hydrogen-bond acceptors (Lipinski definition) is 3. The first kappa shape index (κ1) is 13.4. The lowest BCUT2D eigenvalue weighted by Gasteiger charge is -2.18. The van der Waals surface area contributed by atoms with Gasteiger partial charge in [0.1, 0.15) is 0 Å². The number of nitrogens with one attached hydrogen (secondary N) is 2. The average molecular weight is 384 g/mol. The van der Waals surface area contributed by atoms with Crippen molar-refractivity contribution in [2.45, 2.75) is 17.5 Å². The van der Waals surface area contributed by atoms with Crippen LogP contribution < -0.4 is 10.6 Å². The molecule has 0 saturated carbocycles. The minimum atomic E-state index is 0.151. The van der Waals surface area contributed by atoms with E-state index in [1.165, 1.54) is 15.4 Å². The Balaban J connectivity index is 1.79. The van der Waals surface area contributed by atoms with Crippen LogP contribution in [0, 0.1) is 5.92 Å². The maximum Gasteiger partial charge on any atom is 0.0560 e. The van der Waals surface area contributed by atoms with Gasteiger partial charge in [-0.1, -0.05) is 56.8 Å². The van der Waals surface area contributed by atoms with Crippen molar-refractivity contribution in [3.8, 4) is 0 Å². The second-order valence-electron chi connectivity index (χ2n) is 4.58. The Bertz CT molecular complexity index is 551. The van der Waals surface area contributed by atoms with Crippen LogP contribution in [0.4, 0.5) is 0 Å². The van der Waals surface area contributed by atoms with Crippen molar-refractivity contribution in [2.75, 3.05) is 7.05 Å². The summed E-state index contributed by atoms with van der Waals surface area (Å²) in [6.45, 7) is 0.925. The van der Waals surface area contributed by atoms with E-state index in [-0.39, 0.29) is 20.7 Å². The second-order valence-corrected chi connectivity index (χ2v) is 7.85. The third kappa shape index (κ3) is 2.95. The molecule has 2 heterocycles. The van der Waals surface area contributed by atoms with Crippen LogP contribution in [0.2, 0.25) is 0 Å². The van der Waals surface area contributed by atoms with E-state index >= 15 is 0 Å². The van der Waals surface area contributed by atoms with Gasteiger partial charge in [0, 0.05) is 28.5 Å². The van der Waals surface area contributed by atoms with Gasteiger partial charge >= 0.3 is 0 Å². The average Bonchev–Trinajstić information content (AvgIpc) is 2.85. The Labute approximate surface area is 128 Å². The molecule has 19 heavy (non-hydrogen) atoms. The maximum absolute atomic E-state index is 3.48. The van der Waals surface area contributed by atoms with E-state index in [9.17, 15) is 0 Å². The van der Waals surface area contributed by atoms with E-state index in [4.69, 9.17) is 0 Å². The summed E-state index contributed by atoms with van der Waals surface area (Å²) < 4.78 is 4.87. The molecular formula is C15H17IN2S. The topological polar surface area (TPSA) is 24.1 Å². The highest BCUT2D eigenvalue weighted by Gasteiger charge is 2.28. The lowest BCUT2D eigenvalue weighted by molar-refractivity contribution is 0.692. The Morgan fingerprint density at radius 2 is 2.26 bits per heavy atom. The van der Waals surface area contributed by atoms with E-state index < -0.39 is 0 Å². The quantitative estimate of drug-likeness (QED) is 0.780. The third-order valence-electron chi connectivity index (χ3n) is 3.26. The molecule has 1 aromatic carbocycles. The van der Waals surface area contributed by atoms with Gasteiger partial charge in [-0.25, -0.2) is 0 Å². The molecule has 2 nitrogen and oxygen atoms in total. The number of rotatable bonds is 4. The molecule has 0 aliphatic carbocycles. The van der Waals surface area contributed by atoms with Crippen LogP contribution in [0.3, 0.4) is 0 Å². The van der Waals surface area contributed by atoms with Crippen molar-refractivity contribution in [1.82, 2.24) is 10.6 Å². The Morgan fingerprint density at radius 1 is 1.37 bits per heavy atom. The summed E-state index contributed by atoms with van der Waals surface area (Å²) in [5.41, 5.74) is 1.38. The van der Waals surface area contributed by atoms with Gasteiger partial charge in [0.15, 0.2) is 0 Å². The zero-order chi connectivity index (χ0) is 13.1. The van der Waals surface area contributed by atoms with E-state index in [0.29, 0.717) is 12.0 Å². The normalized spacial score (nSPS) is 24.4. The number of thioether (sulfide) groups is 1. The van der Waals surface area contributed by atoms with Crippen LogP contribution in [0.15, 0.2) is 50.4 Å². The van der Waals surface area contributed by atoms with Gasteiger partial charge < -0.3 is 10.6 Å². The molecule has 0 aromatic heterocycles. The van der Waals surface area contributed by atoms with E-state index in [1.807, 2.05) is 18.8 Å². The second kappa shape index (κ2) is 6.24. The number of benzene rings is 1. The fourth-order valence-electron chi connectivity index (χ4n) is 2.28. The summed E-state index contributed by atoms with van der Waals surface area (Å²) in [5.74, 6) is 0.588. The highest BCUT2D eigenvalue weighted by atomic mass is 127. The first-order valence-corrected chi connectivity index (χ1v) is 9.67. The monoisotopic (exact) mass is 384 g/mol. The molecular weight excluding hydrogens is 367 g/mol. The number of halogens is 1. The summed E-state index contributed by atoms with van der Waals surface area (Å²) in [6, 6.07) is 9.16. The van der Waals surface area contributed by atoms with E-state index in [0.717, 1.165) is 6.54 Å². The minimum Gasteiger partial charge on any atom is -0.383 e. The molecule has 2 unspecified atom stereocenters. The van der Waals surface area contributed by atoms with Gasteiger partial charge in [-0.15, -0.1) is 0 Å². The number of hydrogen-bond donors (Lipinski definition) is 2. The molecule has 4 heteroatoms. The zero-order valence-corrected chi connectivity index (χ0v) is 13.7. The molecule has 1 aromatic rings. The molecule has 0 amide bonds. The summed E-state index contributed by atoms with van der Waals surface area (Å²) >= 11 is 2.07. The smallest absolute Gasteiger partial charge is 0.0560 e. The molecule has 100 valence electrons. The molecule has 3 rings (SSSR count). The van der Waals surface area contributed by atoms with Crippen LogP contribution >= 0.6 is 32.5 Å². The predicted octanol–water partition coefficient (Wildman–Crippen LogP) is 3.23. The maximum atomic E-state index is 3.48.